The van der Waals surface area contributed by atoms with Crippen molar-refractivity contribution in [3.05, 3.63) is 70.3 Å². The summed E-state index contributed by atoms with van der Waals surface area (Å²) in [4.78, 5) is 27.4. The lowest BCUT2D eigenvalue weighted by Gasteiger charge is -2.38. The summed E-state index contributed by atoms with van der Waals surface area (Å²) in [6.45, 7) is 7.81. The third-order valence-corrected chi connectivity index (χ3v) is 5.62. The van der Waals surface area contributed by atoms with Gasteiger partial charge in [0.2, 0.25) is 5.91 Å². The Balaban J connectivity index is 1.47. The van der Waals surface area contributed by atoms with Gasteiger partial charge in [-0.2, -0.15) is 0 Å². The van der Waals surface area contributed by atoms with E-state index >= 15 is 0 Å². The number of nitrogens with one attached hydrogen (secondary N) is 1. The van der Waals surface area contributed by atoms with Crippen LogP contribution >= 0.6 is 0 Å². The van der Waals surface area contributed by atoms with Crippen molar-refractivity contribution in [3.8, 4) is 0 Å². The van der Waals surface area contributed by atoms with Gasteiger partial charge in [0.1, 0.15) is 0 Å². The standard InChI is InChI=1S/C22H28N4O3/c1-17(19-6-4-3-5-7-19)16-23-22(27)18(2)24-12-14-25(15-13-24)20-8-10-21(11-9-20)26(28)29/h3-11,17-18H,12-16H2,1-2H3,(H,23,27). The van der Waals surface area contributed by atoms with Gasteiger partial charge in [0, 0.05) is 50.5 Å². The fourth-order valence-electron chi connectivity index (χ4n) is 3.62. The lowest BCUT2D eigenvalue weighted by molar-refractivity contribution is -0.384. The van der Waals surface area contributed by atoms with Crippen LogP contribution in [0.25, 0.3) is 0 Å². The third-order valence-electron chi connectivity index (χ3n) is 5.62. The van der Waals surface area contributed by atoms with E-state index in [1.807, 2.05) is 25.1 Å². The van der Waals surface area contributed by atoms with Crippen LogP contribution in [-0.2, 0) is 4.79 Å². The van der Waals surface area contributed by atoms with Crippen LogP contribution in [0.4, 0.5) is 11.4 Å². The summed E-state index contributed by atoms with van der Waals surface area (Å²) in [5.41, 5.74) is 2.30. The zero-order chi connectivity index (χ0) is 20.8. The van der Waals surface area contributed by atoms with E-state index in [0.29, 0.717) is 6.54 Å². The predicted octanol–water partition coefficient (Wildman–Crippen LogP) is 3.03. The van der Waals surface area contributed by atoms with Gasteiger partial charge < -0.3 is 10.2 Å². The number of carbonyl (C=O) groups is 1. The van der Waals surface area contributed by atoms with Crippen LogP contribution in [0.2, 0.25) is 0 Å². The topological polar surface area (TPSA) is 78.7 Å². The molecular formula is C22H28N4O3. The van der Waals surface area contributed by atoms with Gasteiger partial charge in [0.25, 0.3) is 5.69 Å². The minimum absolute atomic E-state index is 0.0524. The summed E-state index contributed by atoms with van der Waals surface area (Å²) in [6.07, 6.45) is 0. The summed E-state index contributed by atoms with van der Waals surface area (Å²) < 4.78 is 0. The Labute approximate surface area is 171 Å². The SMILES string of the molecule is CC(CNC(=O)C(C)N1CCN(c2ccc([N+](=O)[O-])cc2)CC1)c1ccccc1. The molecule has 1 saturated heterocycles. The number of nitrogens with zero attached hydrogens (tertiary/aromatic N) is 3. The monoisotopic (exact) mass is 396 g/mol. The lowest BCUT2D eigenvalue weighted by atomic mass is 10.0. The fourth-order valence-corrected chi connectivity index (χ4v) is 3.62. The second kappa shape index (κ2) is 9.52. The van der Waals surface area contributed by atoms with Crippen molar-refractivity contribution in [2.24, 2.45) is 0 Å². The first kappa shape index (κ1) is 20.8. The molecule has 1 heterocycles. The highest BCUT2D eigenvalue weighted by atomic mass is 16.6. The number of hydrogen-bond donors (Lipinski definition) is 1. The van der Waals surface area contributed by atoms with Crippen LogP contribution in [0, 0.1) is 10.1 Å². The number of hydrogen-bond acceptors (Lipinski definition) is 5. The molecule has 0 aliphatic carbocycles. The Morgan fingerprint density at radius 3 is 2.24 bits per heavy atom. The molecule has 3 rings (SSSR count). The molecule has 7 nitrogen and oxygen atoms in total. The largest absolute Gasteiger partial charge is 0.369 e. The Kier molecular flexibility index (Phi) is 6.82. The van der Waals surface area contributed by atoms with Gasteiger partial charge in [-0.25, -0.2) is 0 Å². The molecule has 2 aromatic rings. The molecule has 2 unspecified atom stereocenters. The van der Waals surface area contributed by atoms with Crippen LogP contribution in [0.1, 0.15) is 25.3 Å². The molecule has 29 heavy (non-hydrogen) atoms. The number of benzene rings is 2. The fraction of sp³-hybridized carbons (Fsp3) is 0.409. The number of piperazine rings is 1. The first-order chi connectivity index (χ1) is 14.0. The van der Waals surface area contributed by atoms with Gasteiger partial charge in [-0.1, -0.05) is 37.3 Å². The van der Waals surface area contributed by atoms with E-state index in [2.05, 4.69) is 34.2 Å². The highest BCUT2D eigenvalue weighted by Crippen LogP contribution is 2.21. The number of rotatable bonds is 7. The number of anilines is 1. The van der Waals surface area contributed by atoms with Gasteiger partial charge in [0.05, 0.1) is 11.0 Å². The molecule has 1 N–H and O–H groups in total. The highest BCUT2D eigenvalue weighted by molar-refractivity contribution is 5.81. The zero-order valence-corrected chi connectivity index (χ0v) is 17.0. The van der Waals surface area contributed by atoms with Gasteiger partial charge in [-0.15, -0.1) is 0 Å². The lowest BCUT2D eigenvalue weighted by Crippen LogP contribution is -2.54. The number of nitro benzene ring substituents is 1. The van der Waals surface area contributed by atoms with E-state index in [0.717, 1.165) is 31.9 Å². The van der Waals surface area contributed by atoms with Gasteiger partial charge >= 0.3 is 0 Å². The Morgan fingerprint density at radius 2 is 1.66 bits per heavy atom. The van der Waals surface area contributed by atoms with Crippen molar-refractivity contribution >= 4 is 17.3 Å². The minimum Gasteiger partial charge on any atom is -0.369 e. The molecule has 0 bridgehead atoms. The van der Waals surface area contributed by atoms with Crippen LogP contribution in [0.3, 0.4) is 0 Å². The molecule has 1 amide bonds. The molecule has 0 saturated carbocycles. The summed E-state index contributed by atoms with van der Waals surface area (Å²) in [7, 11) is 0. The highest BCUT2D eigenvalue weighted by Gasteiger charge is 2.26. The van der Waals surface area contributed by atoms with E-state index in [1.54, 1.807) is 12.1 Å². The second-order valence-corrected chi connectivity index (χ2v) is 7.53. The number of nitro groups is 1. The average Bonchev–Trinajstić information content (AvgIpc) is 2.77. The summed E-state index contributed by atoms with van der Waals surface area (Å²) in [5, 5.41) is 13.9. The van der Waals surface area contributed by atoms with Crippen LogP contribution in [0.5, 0.6) is 0 Å². The maximum atomic E-state index is 12.6. The van der Waals surface area contributed by atoms with Crippen LogP contribution in [-0.4, -0.2) is 54.5 Å². The molecule has 0 aromatic heterocycles. The molecule has 0 spiro atoms. The van der Waals surface area contributed by atoms with Crippen molar-refractivity contribution in [1.82, 2.24) is 10.2 Å². The van der Waals surface area contributed by atoms with Crippen LogP contribution in [0.15, 0.2) is 54.6 Å². The number of amides is 1. The maximum Gasteiger partial charge on any atom is 0.269 e. The molecule has 7 heteroatoms. The average molecular weight is 396 g/mol. The van der Waals surface area contributed by atoms with Gasteiger partial charge in [-0.05, 0) is 30.5 Å². The maximum absolute atomic E-state index is 12.6. The molecular weight excluding hydrogens is 368 g/mol. The summed E-state index contributed by atoms with van der Waals surface area (Å²) in [6, 6.07) is 16.6. The summed E-state index contributed by atoms with van der Waals surface area (Å²) >= 11 is 0. The predicted molar refractivity (Wildman–Crippen MR) is 114 cm³/mol. The molecule has 1 aliphatic rings. The van der Waals surface area contributed by atoms with E-state index in [4.69, 9.17) is 0 Å². The van der Waals surface area contributed by atoms with E-state index in [-0.39, 0.29) is 28.5 Å². The quantitative estimate of drug-likeness (QED) is 0.575. The minimum atomic E-state index is -0.388. The Morgan fingerprint density at radius 1 is 1.03 bits per heavy atom. The molecule has 2 aromatic carbocycles. The van der Waals surface area contributed by atoms with Crippen molar-refractivity contribution in [2.75, 3.05) is 37.6 Å². The first-order valence-electron chi connectivity index (χ1n) is 10.0. The molecule has 1 fully saturated rings. The van der Waals surface area contributed by atoms with Gasteiger partial charge in [-0.3, -0.25) is 19.8 Å². The van der Waals surface area contributed by atoms with E-state index in [1.165, 1.54) is 17.7 Å². The third kappa shape index (κ3) is 5.32. The Bertz CT molecular complexity index is 818. The van der Waals surface area contributed by atoms with E-state index < -0.39 is 0 Å². The summed E-state index contributed by atoms with van der Waals surface area (Å²) in [5.74, 6) is 0.322. The smallest absolute Gasteiger partial charge is 0.269 e. The van der Waals surface area contributed by atoms with Crippen molar-refractivity contribution < 1.29 is 9.72 Å². The normalized spacial score (nSPS) is 16.8. The Hall–Kier alpha value is -2.93. The van der Waals surface area contributed by atoms with Crippen LogP contribution < -0.4 is 10.2 Å². The molecule has 0 radical (unpaired) electrons. The number of carbonyl (C=O) groups excluding carboxylic acids is 1. The second-order valence-electron chi connectivity index (χ2n) is 7.53. The zero-order valence-electron chi connectivity index (χ0n) is 17.0. The van der Waals surface area contributed by atoms with Crippen molar-refractivity contribution in [1.29, 1.82) is 0 Å². The number of non-ortho nitro benzene ring substituents is 1. The molecule has 154 valence electrons. The van der Waals surface area contributed by atoms with Gasteiger partial charge in [0.15, 0.2) is 0 Å². The molecule has 1 aliphatic heterocycles. The molecule has 2 atom stereocenters. The van der Waals surface area contributed by atoms with Crippen molar-refractivity contribution in [2.45, 2.75) is 25.8 Å². The van der Waals surface area contributed by atoms with Crippen molar-refractivity contribution in [3.63, 3.8) is 0 Å². The first-order valence-corrected chi connectivity index (χ1v) is 10.0. The van der Waals surface area contributed by atoms with E-state index in [9.17, 15) is 14.9 Å².